The van der Waals surface area contributed by atoms with Crippen LogP contribution in [-0.4, -0.2) is 43.9 Å². The van der Waals surface area contributed by atoms with Gasteiger partial charge in [0.2, 0.25) is 0 Å². The van der Waals surface area contributed by atoms with Crippen molar-refractivity contribution in [2.45, 2.75) is 24.7 Å². The number of fused-ring (bicyclic) bond motifs is 1. The van der Waals surface area contributed by atoms with Crippen LogP contribution in [0.15, 0.2) is 0 Å². The first-order valence-corrected chi connectivity index (χ1v) is 4.03. The summed E-state index contributed by atoms with van der Waals surface area (Å²) < 4.78 is 15.7. The molecule has 0 aromatic carbocycles. The molecule has 1 saturated carbocycles. The minimum absolute atomic E-state index is 0.00491. The minimum Gasteiger partial charge on any atom is -0.369 e. The Morgan fingerprint density at radius 3 is 2.83 bits per heavy atom. The van der Waals surface area contributed by atoms with Crippen molar-refractivity contribution in [1.29, 1.82) is 0 Å². The molecule has 0 unspecified atom stereocenters. The molecule has 0 bridgehead atoms. The summed E-state index contributed by atoms with van der Waals surface area (Å²) in [5.74, 6) is -0.00491. The molecule has 0 aromatic heterocycles. The van der Waals surface area contributed by atoms with Crippen LogP contribution in [0.2, 0.25) is 0 Å². The van der Waals surface area contributed by atoms with E-state index in [9.17, 15) is 4.79 Å². The van der Waals surface area contributed by atoms with Crippen molar-refractivity contribution in [2.75, 3.05) is 20.3 Å². The average molecular weight is 172 g/mol. The monoisotopic (exact) mass is 172 g/mol. The number of rotatable bonds is 1. The lowest BCUT2D eigenvalue weighted by Gasteiger charge is -2.50. The zero-order valence-corrected chi connectivity index (χ0v) is 7.20. The van der Waals surface area contributed by atoms with Crippen LogP contribution < -0.4 is 0 Å². The van der Waals surface area contributed by atoms with Gasteiger partial charge in [0.25, 0.3) is 0 Å². The third-order valence-electron chi connectivity index (χ3n) is 2.67. The molecular weight excluding hydrogens is 160 g/mol. The van der Waals surface area contributed by atoms with E-state index in [0.29, 0.717) is 13.2 Å². The number of methoxy groups -OCH3 is 1. The van der Waals surface area contributed by atoms with Gasteiger partial charge in [-0.05, 0) is 6.92 Å². The lowest BCUT2D eigenvalue weighted by atomic mass is 9.73. The molecule has 4 heteroatoms. The molecular formula is C8H12O4. The van der Waals surface area contributed by atoms with Crippen molar-refractivity contribution in [3.05, 3.63) is 0 Å². The van der Waals surface area contributed by atoms with E-state index >= 15 is 0 Å². The van der Waals surface area contributed by atoms with Gasteiger partial charge in [-0.25, -0.2) is 0 Å². The van der Waals surface area contributed by atoms with Crippen LogP contribution >= 0.6 is 0 Å². The standard InChI is InChI=1S/C8H12O4/c1-8(10-2)6(9)5-7(8)12-4-3-11-5/h5,7H,3-4H2,1-2H3/t5-,7-,8-/m1/s1. The Kier molecular flexibility index (Phi) is 1.71. The van der Waals surface area contributed by atoms with E-state index in [-0.39, 0.29) is 18.0 Å². The summed E-state index contributed by atoms with van der Waals surface area (Å²) in [6, 6.07) is 0. The van der Waals surface area contributed by atoms with Crippen molar-refractivity contribution >= 4 is 5.78 Å². The molecule has 0 amide bonds. The highest BCUT2D eigenvalue weighted by atomic mass is 16.6. The molecule has 3 atom stereocenters. The Morgan fingerprint density at radius 2 is 2.17 bits per heavy atom. The molecule has 1 aliphatic heterocycles. The Labute approximate surface area is 70.8 Å². The molecule has 68 valence electrons. The van der Waals surface area contributed by atoms with Crippen molar-refractivity contribution in [1.82, 2.24) is 0 Å². The first-order valence-electron chi connectivity index (χ1n) is 4.03. The fourth-order valence-electron chi connectivity index (χ4n) is 1.73. The summed E-state index contributed by atoms with van der Waals surface area (Å²) in [6.07, 6.45) is -0.590. The molecule has 0 spiro atoms. The van der Waals surface area contributed by atoms with Crippen LogP contribution in [0.3, 0.4) is 0 Å². The Morgan fingerprint density at radius 1 is 1.50 bits per heavy atom. The molecule has 4 nitrogen and oxygen atoms in total. The summed E-state index contributed by atoms with van der Waals surface area (Å²) in [7, 11) is 1.52. The average Bonchev–Trinajstić information content (AvgIpc) is 2.16. The number of ketones is 1. The van der Waals surface area contributed by atoms with Gasteiger partial charge in [0, 0.05) is 7.11 Å². The van der Waals surface area contributed by atoms with Gasteiger partial charge in [-0.15, -0.1) is 0 Å². The lowest BCUT2D eigenvalue weighted by Crippen LogP contribution is -2.73. The normalized spacial score (nSPS) is 46.7. The first-order chi connectivity index (χ1) is 5.70. The van der Waals surface area contributed by atoms with Crippen molar-refractivity contribution in [2.24, 2.45) is 0 Å². The van der Waals surface area contributed by atoms with Crippen LogP contribution in [0.4, 0.5) is 0 Å². The van der Waals surface area contributed by atoms with E-state index in [1.54, 1.807) is 6.92 Å². The Balaban J connectivity index is 2.15. The summed E-state index contributed by atoms with van der Waals surface area (Å²) in [6.45, 7) is 2.80. The van der Waals surface area contributed by atoms with E-state index in [0.717, 1.165) is 0 Å². The number of hydrogen-bond acceptors (Lipinski definition) is 4. The summed E-state index contributed by atoms with van der Waals surface area (Å²) in [5, 5.41) is 0. The van der Waals surface area contributed by atoms with Gasteiger partial charge >= 0.3 is 0 Å². The van der Waals surface area contributed by atoms with Crippen LogP contribution in [0.5, 0.6) is 0 Å². The summed E-state index contributed by atoms with van der Waals surface area (Å²) in [4.78, 5) is 11.4. The lowest BCUT2D eigenvalue weighted by molar-refractivity contribution is -0.255. The number of carbonyl (C=O) groups excluding carboxylic acids is 1. The zero-order chi connectivity index (χ0) is 8.77. The summed E-state index contributed by atoms with van der Waals surface area (Å²) >= 11 is 0. The maximum absolute atomic E-state index is 11.4. The topological polar surface area (TPSA) is 44.8 Å². The maximum atomic E-state index is 11.4. The highest BCUT2D eigenvalue weighted by Gasteiger charge is 2.62. The molecule has 1 heterocycles. The fraction of sp³-hybridized carbons (Fsp3) is 0.875. The van der Waals surface area contributed by atoms with Gasteiger partial charge in [0.05, 0.1) is 13.2 Å². The van der Waals surface area contributed by atoms with Gasteiger partial charge in [0.15, 0.2) is 11.4 Å². The van der Waals surface area contributed by atoms with Crippen molar-refractivity contribution in [3.63, 3.8) is 0 Å². The van der Waals surface area contributed by atoms with Crippen LogP contribution in [0.1, 0.15) is 6.92 Å². The van der Waals surface area contributed by atoms with E-state index < -0.39 is 5.60 Å². The second kappa shape index (κ2) is 2.52. The Hall–Kier alpha value is -0.450. The van der Waals surface area contributed by atoms with Gasteiger partial charge in [-0.1, -0.05) is 0 Å². The molecule has 2 rings (SSSR count). The molecule has 1 saturated heterocycles. The van der Waals surface area contributed by atoms with E-state index in [4.69, 9.17) is 14.2 Å². The second-order valence-electron chi connectivity index (χ2n) is 3.26. The van der Waals surface area contributed by atoms with E-state index in [1.165, 1.54) is 7.11 Å². The molecule has 0 N–H and O–H groups in total. The third kappa shape index (κ3) is 0.800. The predicted octanol–water partition coefficient (Wildman–Crippen LogP) is -0.242. The number of carbonyl (C=O) groups is 1. The van der Waals surface area contributed by atoms with Crippen LogP contribution in [-0.2, 0) is 19.0 Å². The maximum Gasteiger partial charge on any atom is 0.198 e. The minimum atomic E-state index is -0.773. The van der Waals surface area contributed by atoms with Gasteiger partial charge in [0.1, 0.15) is 12.2 Å². The number of Topliss-reactive ketones (excluding diaryl/α,β-unsaturated/α-hetero) is 1. The van der Waals surface area contributed by atoms with E-state index in [2.05, 4.69) is 0 Å². The highest BCUT2D eigenvalue weighted by Crippen LogP contribution is 2.37. The fourth-order valence-corrected chi connectivity index (χ4v) is 1.73. The first kappa shape index (κ1) is 8.16. The number of ether oxygens (including phenoxy) is 3. The predicted molar refractivity (Wildman–Crippen MR) is 39.9 cm³/mol. The molecule has 2 aliphatic rings. The molecule has 2 fully saturated rings. The zero-order valence-electron chi connectivity index (χ0n) is 7.20. The molecule has 1 aliphatic carbocycles. The van der Waals surface area contributed by atoms with Crippen LogP contribution in [0, 0.1) is 0 Å². The smallest absolute Gasteiger partial charge is 0.198 e. The van der Waals surface area contributed by atoms with E-state index in [1.807, 2.05) is 0 Å². The summed E-state index contributed by atoms with van der Waals surface area (Å²) in [5.41, 5.74) is -0.773. The molecule has 12 heavy (non-hydrogen) atoms. The highest BCUT2D eigenvalue weighted by molar-refractivity contribution is 5.99. The van der Waals surface area contributed by atoms with Gasteiger partial charge < -0.3 is 14.2 Å². The van der Waals surface area contributed by atoms with Gasteiger partial charge in [-0.3, -0.25) is 4.79 Å². The quantitative estimate of drug-likeness (QED) is 0.547. The van der Waals surface area contributed by atoms with Crippen molar-refractivity contribution in [3.8, 4) is 0 Å². The Bertz CT molecular complexity index is 215. The largest absolute Gasteiger partial charge is 0.369 e. The SMILES string of the molecule is CO[C@]1(C)C(=O)[C@H]2OCCO[C@H]21. The van der Waals surface area contributed by atoms with Crippen LogP contribution in [0.25, 0.3) is 0 Å². The third-order valence-corrected chi connectivity index (χ3v) is 2.67. The second-order valence-corrected chi connectivity index (χ2v) is 3.26. The van der Waals surface area contributed by atoms with Gasteiger partial charge in [-0.2, -0.15) is 0 Å². The molecule has 0 radical (unpaired) electrons. The molecule has 0 aromatic rings. The number of hydrogen-bond donors (Lipinski definition) is 0. The van der Waals surface area contributed by atoms with Crippen molar-refractivity contribution < 1.29 is 19.0 Å².